The van der Waals surface area contributed by atoms with Crippen molar-refractivity contribution in [3.8, 4) is 0 Å². The lowest BCUT2D eigenvalue weighted by Crippen LogP contribution is -2.44. The van der Waals surface area contributed by atoms with Crippen LogP contribution in [0.15, 0.2) is 23.0 Å². The molecule has 0 saturated carbocycles. The molecule has 3 rings (SSSR count). The summed E-state index contributed by atoms with van der Waals surface area (Å²) in [5.41, 5.74) is 1.60. The maximum atomic E-state index is 12.8. The minimum absolute atomic E-state index is 0.211. The van der Waals surface area contributed by atoms with Gasteiger partial charge < -0.3 is 9.64 Å². The number of hydrogen-bond acceptors (Lipinski definition) is 5. The first-order valence-electron chi connectivity index (χ1n) is 10.5. The molecular formula is C22H30N4O5. The number of hydrogen-bond donors (Lipinski definition) is 1. The van der Waals surface area contributed by atoms with Gasteiger partial charge in [0.1, 0.15) is 11.6 Å². The average Bonchev–Trinajstić information content (AvgIpc) is 2.91. The molecule has 0 radical (unpaired) electrons. The number of nitrogens with one attached hydrogen (secondary N) is 1. The lowest BCUT2D eigenvalue weighted by atomic mass is 10.1. The van der Waals surface area contributed by atoms with Gasteiger partial charge >= 0.3 is 11.8 Å². The van der Waals surface area contributed by atoms with Crippen molar-refractivity contribution in [2.75, 3.05) is 13.6 Å². The molecule has 2 heterocycles. The summed E-state index contributed by atoms with van der Waals surface area (Å²) in [5, 5.41) is 2.31. The Balaban J connectivity index is 1.73. The fourth-order valence-corrected chi connectivity index (χ4v) is 3.75. The highest BCUT2D eigenvalue weighted by Gasteiger charge is 2.31. The van der Waals surface area contributed by atoms with Crippen molar-refractivity contribution in [3.05, 3.63) is 34.2 Å². The fraction of sp³-hybridized carbons (Fsp3) is 0.545. The van der Waals surface area contributed by atoms with Gasteiger partial charge in [-0.25, -0.2) is 9.59 Å². The van der Waals surface area contributed by atoms with Gasteiger partial charge in [0.05, 0.1) is 11.0 Å². The van der Waals surface area contributed by atoms with Crippen molar-refractivity contribution in [2.45, 2.75) is 58.1 Å². The number of ether oxygens (including phenoxy) is 1. The summed E-state index contributed by atoms with van der Waals surface area (Å²) in [6, 6.07) is 5.01. The van der Waals surface area contributed by atoms with Crippen molar-refractivity contribution in [3.63, 3.8) is 0 Å². The van der Waals surface area contributed by atoms with Gasteiger partial charge in [0.25, 0.3) is 0 Å². The van der Waals surface area contributed by atoms with E-state index in [9.17, 15) is 19.2 Å². The SMILES string of the molecule is CN(CCCc1ccc2c(c1)n(C)c(=O)n2C1CCC(=O)NC1=O)C(=O)OC(C)(C)C. The Labute approximate surface area is 180 Å². The fourth-order valence-electron chi connectivity index (χ4n) is 3.75. The Morgan fingerprint density at radius 1 is 1.23 bits per heavy atom. The van der Waals surface area contributed by atoms with E-state index in [1.165, 1.54) is 9.13 Å². The first kappa shape index (κ1) is 22.6. The molecule has 1 saturated heterocycles. The summed E-state index contributed by atoms with van der Waals surface area (Å²) in [5.74, 6) is -0.756. The Bertz CT molecular complexity index is 1080. The third kappa shape index (κ3) is 4.98. The highest BCUT2D eigenvalue weighted by molar-refractivity contribution is 6.00. The molecule has 0 aliphatic carbocycles. The Hall–Kier alpha value is -3.10. The topological polar surface area (TPSA) is 103 Å². The van der Waals surface area contributed by atoms with Crippen LogP contribution in [-0.4, -0.2) is 51.1 Å². The van der Waals surface area contributed by atoms with E-state index in [1.807, 2.05) is 39.0 Å². The molecule has 0 spiro atoms. The van der Waals surface area contributed by atoms with Gasteiger partial charge in [-0.3, -0.25) is 24.0 Å². The maximum Gasteiger partial charge on any atom is 0.410 e. The number of carbonyl (C=O) groups is 3. The zero-order chi connectivity index (χ0) is 22.9. The predicted octanol–water partition coefficient (Wildman–Crippen LogP) is 2.12. The van der Waals surface area contributed by atoms with Crippen LogP contribution in [0.2, 0.25) is 0 Å². The van der Waals surface area contributed by atoms with E-state index in [0.717, 1.165) is 23.9 Å². The molecule has 1 unspecified atom stereocenters. The largest absolute Gasteiger partial charge is 0.444 e. The molecule has 168 valence electrons. The van der Waals surface area contributed by atoms with Crippen LogP contribution in [0.5, 0.6) is 0 Å². The Morgan fingerprint density at radius 3 is 2.58 bits per heavy atom. The van der Waals surface area contributed by atoms with Crippen LogP contribution in [0.4, 0.5) is 4.79 Å². The molecule has 1 aromatic heterocycles. The monoisotopic (exact) mass is 430 g/mol. The number of carbonyl (C=O) groups excluding carboxylic acids is 3. The van der Waals surface area contributed by atoms with Crippen LogP contribution >= 0.6 is 0 Å². The molecule has 9 heteroatoms. The van der Waals surface area contributed by atoms with Gasteiger partial charge in [0, 0.05) is 27.1 Å². The van der Waals surface area contributed by atoms with E-state index >= 15 is 0 Å². The lowest BCUT2D eigenvalue weighted by molar-refractivity contribution is -0.135. The number of piperidine rings is 1. The number of rotatable bonds is 5. The molecule has 1 aliphatic rings. The second kappa shape index (κ2) is 8.56. The molecule has 0 bridgehead atoms. The number of aryl methyl sites for hydroxylation is 2. The second-order valence-electron chi connectivity index (χ2n) is 9.01. The molecule has 1 aliphatic heterocycles. The smallest absolute Gasteiger partial charge is 0.410 e. The quantitative estimate of drug-likeness (QED) is 0.732. The number of fused-ring (bicyclic) bond motifs is 1. The number of benzene rings is 1. The van der Waals surface area contributed by atoms with Gasteiger partial charge in [-0.05, 0) is 57.7 Å². The highest BCUT2D eigenvalue weighted by atomic mass is 16.6. The molecule has 1 aromatic carbocycles. The minimum atomic E-state index is -0.692. The number of imide groups is 1. The average molecular weight is 431 g/mol. The summed E-state index contributed by atoms with van der Waals surface area (Å²) in [4.78, 5) is 50.2. The number of amides is 3. The van der Waals surface area contributed by atoms with Crippen molar-refractivity contribution < 1.29 is 19.1 Å². The standard InChI is InChI=1S/C22H30N4O5/c1-22(2,3)31-21(30)24(4)12-6-7-14-8-9-15-17(13-14)25(5)20(29)26(15)16-10-11-18(27)23-19(16)28/h8-9,13,16H,6-7,10-12H2,1-5H3,(H,23,27,28). The molecule has 1 fully saturated rings. The molecule has 2 aromatic rings. The van der Waals surface area contributed by atoms with E-state index in [1.54, 1.807) is 19.0 Å². The minimum Gasteiger partial charge on any atom is -0.444 e. The van der Waals surface area contributed by atoms with Gasteiger partial charge in [-0.2, -0.15) is 0 Å². The zero-order valence-corrected chi connectivity index (χ0v) is 18.7. The van der Waals surface area contributed by atoms with Crippen LogP contribution in [0, 0.1) is 0 Å². The van der Waals surface area contributed by atoms with Crippen LogP contribution in [0.25, 0.3) is 11.0 Å². The molecule has 9 nitrogen and oxygen atoms in total. The molecule has 3 amide bonds. The van der Waals surface area contributed by atoms with Gasteiger partial charge in [0.15, 0.2) is 0 Å². The Morgan fingerprint density at radius 2 is 1.94 bits per heavy atom. The Kier molecular flexibility index (Phi) is 6.24. The second-order valence-corrected chi connectivity index (χ2v) is 9.01. The number of imidazole rings is 1. The summed E-state index contributed by atoms with van der Waals surface area (Å²) < 4.78 is 8.35. The number of nitrogens with zero attached hydrogens (tertiary/aromatic N) is 3. The zero-order valence-electron chi connectivity index (χ0n) is 18.7. The van der Waals surface area contributed by atoms with E-state index in [-0.39, 0.29) is 24.1 Å². The molecule has 31 heavy (non-hydrogen) atoms. The van der Waals surface area contributed by atoms with E-state index in [0.29, 0.717) is 18.5 Å². The van der Waals surface area contributed by atoms with Crippen molar-refractivity contribution >= 4 is 28.9 Å². The first-order chi connectivity index (χ1) is 14.5. The maximum absolute atomic E-state index is 12.8. The summed E-state index contributed by atoms with van der Waals surface area (Å²) in [6.07, 6.45) is 1.63. The molecule has 1 N–H and O–H groups in total. The van der Waals surface area contributed by atoms with Gasteiger partial charge in [-0.1, -0.05) is 6.07 Å². The normalized spacial score (nSPS) is 17.0. The van der Waals surface area contributed by atoms with Crippen LogP contribution in [0.1, 0.15) is 51.6 Å². The molecule has 1 atom stereocenters. The highest BCUT2D eigenvalue weighted by Crippen LogP contribution is 2.24. The molecular weight excluding hydrogens is 400 g/mol. The van der Waals surface area contributed by atoms with Gasteiger partial charge in [0.2, 0.25) is 11.8 Å². The van der Waals surface area contributed by atoms with Crippen molar-refractivity contribution in [1.82, 2.24) is 19.4 Å². The third-order valence-electron chi connectivity index (χ3n) is 5.34. The van der Waals surface area contributed by atoms with Crippen LogP contribution in [0.3, 0.4) is 0 Å². The van der Waals surface area contributed by atoms with Gasteiger partial charge in [-0.15, -0.1) is 0 Å². The number of aromatic nitrogens is 2. The predicted molar refractivity (Wildman–Crippen MR) is 116 cm³/mol. The van der Waals surface area contributed by atoms with Crippen LogP contribution < -0.4 is 11.0 Å². The van der Waals surface area contributed by atoms with Crippen molar-refractivity contribution in [1.29, 1.82) is 0 Å². The third-order valence-corrected chi connectivity index (χ3v) is 5.34. The van der Waals surface area contributed by atoms with Crippen LogP contribution in [-0.2, 0) is 27.8 Å². The van der Waals surface area contributed by atoms with E-state index in [2.05, 4.69) is 5.32 Å². The van der Waals surface area contributed by atoms with E-state index in [4.69, 9.17) is 4.74 Å². The summed E-state index contributed by atoms with van der Waals surface area (Å²) >= 11 is 0. The van der Waals surface area contributed by atoms with Crippen molar-refractivity contribution in [2.24, 2.45) is 7.05 Å². The first-order valence-corrected chi connectivity index (χ1v) is 10.5. The lowest BCUT2D eigenvalue weighted by Gasteiger charge is -2.24. The summed E-state index contributed by atoms with van der Waals surface area (Å²) in [7, 11) is 3.38. The summed E-state index contributed by atoms with van der Waals surface area (Å²) in [6.45, 7) is 6.04. The van der Waals surface area contributed by atoms with E-state index < -0.39 is 17.6 Å².